The highest BCUT2D eigenvalue weighted by Gasteiger charge is 2.09. The Morgan fingerprint density at radius 3 is 2.27 bits per heavy atom. The Morgan fingerprint density at radius 1 is 0.825 bits per heavy atom. The molecule has 0 spiro atoms. The lowest BCUT2D eigenvalue weighted by Crippen LogP contribution is -2.17. The molecule has 0 aromatic heterocycles. The van der Waals surface area contributed by atoms with Crippen molar-refractivity contribution in [2.45, 2.75) is 39.4 Å². The second kappa shape index (κ2) is 14.9. The lowest BCUT2D eigenvalue weighted by molar-refractivity contribution is 0.0955. The number of unbranched alkanes of at least 4 members (excludes halogenated alkanes) is 1. The van der Waals surface area contributed by atoms with Gasteiger partial charge in [0.05, 0.1) is 13.3 Å². The van der Waals surface area contributed by atoms with Gasteiger partial charge in [0.2, 0.25) is 0 Å². The van der Waals surface area contributed by atoms with Crippen molar-refractivity contribution >= 4 is 28.1 Å². The second-order valence-corrected chi connectivity index (χ2v) is 10.1. The Bertz CT molecular complexity index is 1420. The molecule has 0 unspecified atom stereocenters. The van der Waals surface area contributed by atoms with E-state index in [1.165, 1.54) is 5.56 Å². The third-order valence-electron chi connectivity index (χ3n) is 6.24. The van der Waals surface area contributed by atoms with Crippen molar-refractivity contribution in [2.75, 3.05) is 7.11 Å². The monoisotopic (exact) mass is 600 g/mol. The molecule has 4 aromatic carbocycles. The van der Waals surface area contributed by atoms with Gasteiger partial charge < -0.3 is 14.2 Å². The number of nitrogens with one attached hydrogen (secondary N) is 1. The Labute approximate surface area is 244 Å². The molecule has 7 heteroatoms. The number of carbonyl (C=O) groups is 1. The highest BCUT2D eigenvalue weighted by molar-refractivity contribution is 9.10. The molecule has 40 heavy (non-hydrogen) atoms. The van der Waals surface area contributed by atoms with Gasteiger partial charge in [-0.05, 0) is 72.0 Å². The quantitative estimate of drug-likeness (QED) is 0.126. The zero-order valence-corrected chi connectivity index (χ0v) is 24.3. The van der Waals surface area contributed by atoms with E-state index in [0.29, 0.717) is 36.0 Å². The van der Waals surface area contributed by atoms with Crippen LogP contribution in [0.25, 0.3) is 0 Å². The smallest absolute Gasteiger partial charge is 0.271 e. The number of ether oxygens (including phenoxy) is 3. The van der Waals surface area contributed by atoms with Crippen LogP contribution in [0.2, 0.25) is 0 Å². The van der Waals surface area contributed by atoms with Crippen molar-refractivity contribution < 1.29 is 19.0 Å². The van der Waals surface area contributed by atoms with Crippen LogP contribution in [-0.4, -0.2) is 19.2 Å². The summed E-state index contributed by atoms with van der Waals surface area (Å²) in [6.45, 7) is 2.93. The van der Waals surface area contributed by atoms with Crippen LogP contribution in [0, 0.1) is 0 Å². The Balaban J connectivity index is 1.37. The minimum absolute atomic E-state index is 0.266. The fourth-order valence-electron chi connectivity index (χ4n) is 4.00. The molecule has 1 amide bonds. The zero-order chi connectivity index (χ0) is 28.2. The van der Waals surface area contributed by atoms with Crippen LogP contribution in [0.5, 0.6) is 17.2 Å². The van der Waals surface area contributed by atoms with Crippen LogP contribution >= 0.6 is 15.9 Å². The average Bonchev–Trinajstić information content (AvgIpc) is 2.99. The minimum atomic E-state index is -0.266. The molecule has 4 aromatic rings. The Kier molecular flexibility index (Phi) is 10.8. The van der Waals surface area contributed by atoms with Gasteiger partial charge in [-0.2, -0.15) is 5.10 Å². The van der Waals surface area contributed by atoms with Crippen molar-refractivity contribution in [1.82, 2.24) is 5.43 Å². The first-order valence-corrected chi connectivity index (χ1v) is 14.0. The molecule has 6 nitrogen and oxygen atoms in total. The number of aryl methyl sites for hydroxylation is 1. The Hall–Kier alpha value is -4.10. The van der Waals surface area contributed by atoms with E-state index in [9.17, 15) is 4.79 Å². The van der Waals surface area contributed by atoms with E-state index >= 15 is 0 Å². The van der Waals surface area contributed by atoms with Crippen molar-refractivity contribution in [2.24, 2.45) is 5.10 Å². The summed E-state index contributed by atoms with van der Waals surface area (Å²) in [7, 11) is 1.62. The molecule has 0 aliphatic heterocycles. The van der Waals surface area contributed by atoms with Crippen LogP contribution in [-0.2, 0) is 19.6 Å². The van der Waals surface area contributed by atoms with Gasteiger partial charge in [-0.3, -0.25) is 4.79 Å². The van der Waals surface area contributed by atoms with Gasteiger partial charge >= 0.3 is 0 Å². The molecule has 0 bridgehead atoms. The van der Waals surface area contributed by atoms with Gasteiger partial charge in [-0.25, -0.2) is 5.43 Å². The fourth-order valence-corrected chi connectivity index (χ4v) is 4.38. The van der Waals surface area contributed by atoms with Gasteiger partial charge in [0.25, 0.3) is 5.91 Å². The number of methoxy groups -OCH3 is 1. The van der Waals surface area contributed by atoms with Crippen LogP contribution < -0.4 is 19.6 Å². The summed E-state index contributed by atoms with van der Waals surface area (Å²) < 4.78 is 18.5. The normalized spacial score (nSPS) is 10.9. The van der Waals surface area contributed by atoms with E-state index in [-0.39, 0.29) is 5.91 Å². The number of hydrogen-bond acceptors (Lipinski definition) is 5. The van der Waals surface area contributed by atoms with Crippen molar-refractivity contribution in [1.29, 1.82) is 0 Å². The maximum absolute atomic E-state index is 12.6. The van der Waals surface area contributed by atoms with Gasteiger partial charge in [-0.1, -0.05) is 77.8 Å². The molecular formula is C33H33BrN2O4. The largest absolute Gasteiger partial charge is 0.493 e. The highest BCUT2D eigenvalue weighted by Crippen LogP contribution is 2.30. The first-order chi connectivity index (χ1) is 19.6. The van der Waals surface area contributed by atoms with Gasteiger partial charge in [0, 0.05) is 15.6 Å². The molecule has 1 N–H and O–H groups in total. The summed E-state index contributed by atoms with van der Waals surface area (Å²) in [6, 6.07) is 29.0. The maximum atomic E-state index is 12.6. The predicted molar refractivity (Wildman–Crippen MR) is 162 cm³/mol. The van der Waals surface area contributed by atoms with Crippen LogP contribution in [0.4, 0.5) is 0 Å². The summed E-state index contributed by atoms with van der Waals surface area (Å²) in [4.78, 5) is 12.6. The topological polar surface area (TPSA) is 69.2 Å². The molecule has 206 valence electrons. The number of amides is 1. The molecule has 4 rings (SSSR count). The summed E-state index contributed by atoms with van der Waals surface area (Å²) >= 11 is 3.50. The van der Waals surface area contributed by atoms with E-state index in [4.69, 9.17) is 14.2 Å². The predicted octanol–water partition coefficient (Wildman–Crippen LogP) is 7.72. The van der Waals surface area contributed by atoms with Gasteiger partial charge in [-0.15, -0.1) is 0 Å². The van der Waals surface area contributed by atoms with E-state index in [2.05, 4.69) is 33.4 Å². The number of rotatable bonds is 13. The number of halogens is 1. The summed E-state index contributed by atoms with van der Waals surface area (Å²) in [6.07, 6.45) is 4.87. The lowest BCUT2D eigenvalue weighted by atomic mass is 10.1. The summed E-state index contributed by atoms with van der Waals surface area (Å²) in [5, 5.41) is 4.17. The minimum Gasteiger partial charge on any atom is -0.493 e. The Morgan fingerprint density at radius 2 is 1.52 bits per heavy atom. The van der Waals surface area contributed by atoms with E-state index < -0.39 is 0 Å². The first-order valence-electron chi connectivity index (χ1n) is 13.2. The number of hydrazone groups is 1. The maximum Gasteiger partial charge on any atom is 0.271 e. The van der Waals surface area contributed by atoms with E-state index in [1.807, 2.05) is 91.0 Å². The first kappa shape index (κ1) is 28.9. The standard InChI is InChI=1S/C33H33BrN2O4/c1-3-4-8-24-11-14-27(15-12-24)33(37)36-35-21-28-20-29(34)16-18-30(28)39-23-26-13-17-31(32(19-26)38-2)40-22-25-9-6-5-7-10-25/h5-7,9-21H,3-4,8,22-23H2,1-2H3,(H,36,37)/b35-21+. The fraction of sp³-hybridized carbons (Fsp3) is 0.212. The number of nitrogens with zero attached hydrogens (tertiary/aromatic N) is 1. The second-order valence-electron chi connectivity index (χ2n) is 9.23. The van der Waals surface area contributed by atoms with Crippen molar-refractivity contribution in [3.63, 3.8) is 0 Å². The SMILES string of the molecule is CCCCc1ccc(C(=O)N/N=C/c2cc(Br)ccc2OCc2ccc(OCc3ccccc3)c(OC)c2)cc1. The van der Waals surface area contributed by atoms with Crippen molar-refractivity contribution in [3.05, 3.63) is 123 Å². The highest BCUT2D eigenvalue weighted by atomic mass is 79.9. The molecule has 0 saturated heterocycles. The summed E-state index contributed by atoms with van der Waals surface area (Å²) in [5.41, 5.74) is 7.12. The molecule has 0 saturated carbocycles. The van der Waals surface area contributed by atoms with E-state index in [0.717, 1.165) is 40.4 Å². The third kappa shape index (κ3) is 8.45. The molecule has 0 atom stereocenters. The molecular weight excluding hydrogens is 568 g/mol. The zero-order valence-electron chi connectivity index (χ0n) is 22.7. The third-order valence-corrected chi connectivity index (χ3v) is 6.73. The van der Waals surface area contributed by atoms with Crippen molar-refractivity contribution in [3.8, 4) is 17.2 Å². The number of benzene rings is 4. The van der Waals surface area contributed by atoms with E-state index in [1.54, 1.807) is 13.3 Å². The summed E-state index contributed by atoms with van der Waals surface area (Å²) in [5.74, 6) is 1.66. The molecule has 0 aliphatic rings. The average molecular weight is 602 g/mol. The van der Waals surface area contributed by atoms with Gasteiger partial charge in [0.1, 0.15) is 19.0 Å². The molecule has 0 radical (unpaired) electrons. The molecule has 0 fully saturated rings. The molecule has 0 heterocycles. The molecule has 0 aliphatic carbocycles. The lowest BCUT2D eigenvalue weighted by Gasteiger charge is -2.14. The number of hydrogen-bond donors (Lipinski definition) is 1. The van der Waals surface area contributed by atoms with Crippen LogP contribution in [0.3, 0.4) is 0 Å². The van der Waals surface area contributed by atoms with Gasteiger partial charge in [0.15, 0.2) is 11.5 Å². The van der Waals surface area contributed by atoms with Crippen LogP contribution in [0.1, 0.15) is 52.4 Å². The van der Waals surface area contributed by atoms with Crippen LogP contribution in [0.15, 0.2) is 101 Å². The number of carbonyl (C=O) groups excluding carboxylic acids is 1.